The number of unbranched alkanes of at least 4 members (excludes halogenated alkanes) is 24. The molecule has 15 nitrogen and oxygen atoms in total. The van der Waals surface area contributed by atoms with E-state index in [1.807, 2.05) is 0 Å². The van der Waals surface area contributed by atoms with Gasteiger partial charge in [-0.05, 0) is 25.7 Å². The van der Waals surface area contributed by atoms with Crippen molar-refractivity contribution >= 4 is 53.4 Å². The number of rotatable bonds is 46. The number of carboxylic acid groups (broad SMARTS) is 2. The van der Waals surface area contributed by atoms with E-state index in [1.54, 1.807) is 0 Å². The molecule has 0 aromatic heterocycles. The standard InChI is InChI=1S/C48H88N4O11S/c1-3-5-7-9-11-13-15-17-19-21-23-25-27-29-44(56)62-35-38(63-45(57)30-28-26-24-22-20-18-16-14-12-10-8-6-4-2)36-64-37-39(49)46(58)51-40(31-33-42(50)53)47(59)52-41(48(60)61)32-34-43(54)55/h38-41H,3-37,49H2,1-2H3,(H2,50,53)(H,51,58)(H,52,59)(H,54,55)(H,60,61)/t38-,39?,40-,41-/m1/s1. The molecule has 0 rings (SSSR count). The number of amides is 3. The van der Waals surface area contributed by atoms with Gasteiger partial charge in [0.2, 0.25) is 17.7 Å². The molecule has 0 radical (unpaired) electrons. The highest BCUT2D eigenvalue weighted by molar-refractivity contribution is 7.99. The molecular weight excluding hydrogens is 841 g/mol. The van der Waals surface area contributed by atoms with Crippen molar-refractivity contribution in [3.05, 3.63) is 0 Å². The van der Waals surface area contributed by atoms with Crippen molar-refractivity contribution in [2.24, 2.45) is 11.5 Å². The van der Waals surface area contributed by atoms with Crippen LogP contribution in [-0.4, -0.2) is 94.2 Å². The first-order valence-corrected chi connectivity index (χ1v) is 26.0. The van der Waals surface area contributed by atoms with Gasteiger partial charge >= 0.3 is 23.9 Å². The second-order valence-corrected chi connectivity index (χ2v) is 18.4. The van der Waals surface area contributed by atoms with Gasteiger partial charge in [0.1, 0.15) is 24.8 Å². The van der Waals surface area contributed by atoms with Crippen LogP contribution in [0.2, 0.25) is 0 Å². The number of nitrogens with one attached hydrogen (secondary N) is 2. The van der Waals surface area contributed by atoms with Crippen LogP contribution in [0, 0.1) is 0 Å². The quantitative estimate of drug-likeness (QED) is 0.0247. The maximum atomic E-state index is 13.1. The highest BCUT2D eigenvalue weighted by Crippen LogP contribution is 2.16. The maximum absolute atomic E-state index is 13.1. The molecule has 0 bridgehead atoms. The van der Waals surface area contributed by atoms with Crippen molar-refractivity contribution in [1.82, 2.24) is 10.6 Å². The normalized spacial score (nSPS) is 13.0. The van der Waals surface area contributed by atoms with Crippen molar-refractivity contribution in [3.8, 4) is 0 Å². The van der Waals surface area contributed by atoms with Crippen molar-refractivity contribution in [2.75, 3.05) is 18.1 Å². The Morgan fingerprint density at radius 2 is 0.922 bits per heavy atom. The summed E-state index contributed by atoms with van der Waals surface area (Å²) >= 11 is 1.19. The molecule has 0 aromatic rings. The predicted molar refractivity (Wildman–Crippen MR) is 254 cm³/mol. The summed E-state index contributed by atoms with van der Waals surface area (Å²) in [6.07, 6.45) is 29.2. The van der Waals surface area contributed by atoms with Crippen LogP contribution in [0.15, 0.2) is 0 Å². The number of aliphatic carboxylic acids is 2. The predicted octanol–water partition coefficient (Wildman–Crippen LogP) is 8.65. The molecule has 0 saturated carbocycles. The van der Waals surface area contributed by atoms with Gasteiger partial charge in [-0.15, -0.1) is 0 Å². The Bertz CT molecular complexity index is 1270. The SMILES string of the molecule is CCCCCCCCCCCCCCCC(=O)OC[C@H](CSCC(N)C(=O)N[C@H](CCC(N)=O)C(=O)N[C@H](CCC(=O)O)C(=O)O)OC(=O)CCCCCCCCCCCCCCC. The van der Waals surface area contributed by atoms with Gasteiger partial charge in [-0.3, -0.25) is 28.8 Å². The zero-order valence-electron chi connectivity index (χ0n) is 39.7. The van der Waals surface area contributed by atoms with Crippen LogP contribution in [0.1, 0.15) is 219 Å². The number of ether oxygens (including phenoxy) is 2. The Morgan fingerprint density at radius 3 is 1.34 bits per heavy atom. The van der Waals surface area contributed by atoms with E-state index in [0.29, 0.717) is 6.42 Å². The number of hydrogen-bond acceptors (Lipinski definition) is 11. The second kappa shape index (κ2) is 42.2. The largest absolute Gasteiger partial charge is 0.481 e. The molecule has 8 N–H and O–H groups in total. The van der Waals surface area contributed by atoms with Crippen LogP contribution in [0.25, 0.3) is 0 Å². The fourth-order valence-electron chi connectivity index (χ4n) is 7.23. The molecule has 0 aliphatic rings. The number of carboxylic acids is 2. The fourth-order valence-corrected chi connectivity index (χ4v) is 8.20. The van der Waals surface area contributed by atoms with Crippen molar-refractivity contribution in [1.29, 1.82) is 0 Å². The first kappa shape index (κ1) is 60.6. The van der Waals surface area contributed by atoms with E-state index in [4.69, 9.17) is 26.0 Å². The molecular formula is C48H88N4O11S. The molecule has 0 saturated heterocycles. The Morgan fingerprint density at radius 1 is 0.516 bits per heavy atom. The molecule has 0 fully saturated rings. The fraction of sp³-hybridized carbons (Fsp3) is 0.854. The molecule has 0 aliphatic carbocycles. The number of carbonyl (C=O) groups excluding carboxylic acids is 5. The third-order valence-corrected chi connectivity index (χ3v) is 12.4. The van der Waals surface area contributed by atoms with Gasteiger partial charge < -0.3 is 41.8 Å². The van der Waals surface area contributed by atoms with Crippen LogP contribution >= 0.6 is 11.8 Å². The highest BCUT2D eigenvalue weighted by Gasteiger charge is 2.29. The zero-order chi connectivity index (χ0) is 47.6. The van der Waals surface area contributed by atoms with E-state index in [9.17, 15) is 38.7 Å². The Labute approximate surface area is 389 Å². The Balaban J connectivity index is 5.04. The van der Waals surface area contributed by atoms with E-state index in [0.717, 1.165) is 44.9 Å². The van der Waals surface area contributed by atoms with Gasteiger partial charge in [-0.1, -0.05) is 168 Å². The van der Waals surface area contributed by atoms with Gasteiger partial charge in [-0.25, -0.2) is 4.79 Å². The Kier molecular flexibility index (Phi) is 40.0. The third-order valence-electron chi connectivity index (χ3n) is 11.2. The Hall–Kier alpha value is -3.40. The maximum Gasteiger partial charge on any atom is 0.326 e. The number of hydrogen-bond donors (Lipinski definition) is 6. The number of carbonyl (C=O) groups is 7. The van der Waals surface area contributed by atoms with E-state index < -0.39 is 72.7 Å². The van der Waals surface area contributed by atoms with Crippen LogP contribution in [-0.2, 0) is 43.0 Å². The van der Waals surface area contributed by atoms with Gasteiger partial charge in [0, 0.05) is 37.2 Å². The topological polar surface area (TPSA) is 255 Å². The summed E-state index contributed by atoms with van der Waals surface area (Å²) in [7, 11) is 0. The van der Waals surface area contributed by atoms with Crippen LogP contribution in [0.4, 0.5) is 0 Å². The average molecular weight is 929 g/mol. The van der Waals surface area contributed by atoms with E-state index in [-0.39, 0.29) is 49.8 Å². The average Bonchev–Trinajstić information content (AvgIpc) is 3.25. The lowest BCUT2D eigenvalue weighted by molar-refractivity contribution is -0.157. The van der Waals surface area contributed by atoms with E-state index in [1.165, 1.54) is 127 Å². The molecule has 372 valence electrons. The molecule has 16 heteroatoms. The lowest BCUT2D eigenvalue weighted by Crippen LogP contribution is -2.55. The summed E-state index contributed by atoms with van der Waals surface area (Å²) in [6, 6.07) is -4.10. The van der Waals surface area contributed by atoms with Crippen LogP contribution in [0.3, 0.4) is 0 Å². The number of thioether (sulfide) groups is 1. The monoisotopic (exact) mass is 929 g/mol. The molecule has 0 spiro atoms. The minimum absolute atomic E-state index is 0.0200. The van der Waals surface area contributed by atoms with Crippen LogP contribution < -0.4 is 22.1 Å². The molecule has 4 atom stereocenters. The summed E-state index contributed by atoms with van der Waals surface area (Å²) in [5.74, 6) is -5.75. The first-order valence-electron chi connectivity index (χ1n) is 24.8. The minimum Gasteiger partial charge on any atom is -0.481 e. The number of esters is 2. The summed E-state index contributed by atoms with van der Waals surface area (Å²) in [6.45, 7) is 4.32. The first-order chi connectivity index (χ1) is 30.8. The second-order valence-electron chi connectivity index (χ2n) is 17.3. The summed E-state index contributed by atoms with van der Waals surface area (Å²) in [5.41, 5.74) is 11.4. The molecule has 0 aromatic carbocycles. The molecule has 3 amide bonds. The highest BCUT2D eigenvalue weighted by atomic mass is 32.2. The van der Waals surface area contributed by atoms with Crippen molar-refractivity contribution in [3.63, 3.8) is 0 Å². The van der Waals surface area contributed by atoms with Gasteiger partial charge in [0.25, 0.3) is 0 Å². The van der Waals surface area contributed by atoms with Crippen LogP contribution in [0.5, 0.6) is 0 Å². The summed E-state index contributed by atoms with van der Waals surface area (Å²) in [4.78, 5) is 85.7. The molecule has 64 heavy (non-hydrogen) atoms. The zero-order valence-corrected chi connectivity index (χ0v) is 40.5. The molecule has 0 aliphatic heterocycles. The van der Waals surface area contributed by atoms with Gasteiger partial charge in [0.15, 0.2) is 0 Å². The number of nitrogens with two attached hydrogens (primary N) is 2. The van der Waals surface area contributed by atoms with Crippen molar-refractivity contribution < 1.29 is 53.2 Å². The summed E-state index contributed by atoms with van der Waals surface area (Å²) < 4.78 is 11.3. The molecule has 1 unspecified atom stereocenters. The summed E-state index contributed by atoms with van der Waals surface area (Å²) in [5, 5.41) is 23.1. The van der Waals surface area contributed by atoms with E-state index in [2.05, 4.69) is 24.5 Å². The van der Waals surface area contributed by atoms with Crippen molar-refractivity contribution in [2.45, 2.75) is 244 Å². The third kappa shape index (κ3) is 37.9. The van der Waals surface area contributed by atoms with Gasteiger partial charge in [0.05, 0.1) is 6.04 Å². The lowest BCUT2D eigenvalue weighted by atomic mass is 10.0. The molecule has 0 heterocycles. The van der Waals surface area contributed by atoms with E-state index >= 15 is 0 Å². The minimum atomic E-state index is -1.55. The smallest absolute Gasteiger partial charge is 0.326 e. The lowest BCUT2D eigenvalue weighted by Gasteiger charge is -2.23. The van der Waals surface area contributed by atoms with Gasteiger partial charge in [-0.2, -0.15) is 11.8 Å². The number of primary amides is 1.